The standard InChI is InChI=1S/C21H19N3O5/c1-13-17(20(25)23-11-12-29-21(23)26)19(15-7-9-16(10-8-15)24(27)28)22-18(13)14-5-3-2-4-6-14/h2-10,13,17,19H,11-12H2,1H3/t13-,17-,19-/m0/s1. The Bertz CT molecular complexity index is 987. The number of nitro groups is 1. The van der Waals surface area contributed by atoms with Crippen LogP contribution in [0.3, 0.4) is 0 Å². The van der Waals surface area contributed by atoms with E-state index < -0.39 is 23.0 Å². The smallest absolute Gasteiger partial charge is 0.416 e. The lowest BCUT2D eigenvalue weighted by molar-refractivity contribution is -0.384. The van der Waals surface area contributed by atoms with Gasteiger partial charge in [0.2, 0.25) is 5.91 Å². The fourth-order valence-corrected chi connectivity index (χ4v) is 3.94. The predicted octanol–water partition coefficient (Wildman–Crippen LogP) is 3.37. The van der Waals surface area contributed by atoms with E-state index in [0.717, 1.165) is 16.2 Å². The van der Waals surface area contributed by atoms with Crippen molar-refractivity contribution in [1.82, 2.24) is 4.90 Å². The minimum Gasteiger partial charge on any atom is -0.447 e. The zero-order valence-electron chi connectivity index (χ0n) is 15.7. The lowest BCUT2D eigenvalue weighted by Gasteiger charge is -2.24. The van der Waals surface area contributed by atoms with Crippen molar-refractivity contribution in [2.45, 2.75) is 13.0 Å². The quantitative estimate of drug-likeness (QED) is 0.585. The highest BCUT2D eigenvalue weighted by Gasteiger charge is 2.46. The van der Waals surface area contributed by atoms with Crippen LogP contribution in [0.15, 0.2) is 59.6 Å². The lowest BCUT2D eigenvalue weighted by Crippen LogP contribution is -2.40. The summed E-state index contributed by atoms with van der Waals surface area (Å²) in [4.78, 5) is 41.7. The van der Waals surface area contributed by atoms with Crippen LogP contribution in [0.25, 0.3) is 0 Å². The summed E-state index contributed by atoms with van der Waals surface area (Å²) in [7, 11) is 0. The highest BCUT2D eigenvalue weighted by molar-refractivity contribution is 6.07. The first-order valence-corrected chi connectivity index (χ1v) is 9.33. The number of hydrogen-bond acceptors (Lipinski definition) is 6. The second-order valence-electron chi connectivity index (χ2n) is 7.09. The number of nitro benzene ring substituents is 1. The highest BCUT2D eigenvalue weighted by atomic mass is 16.6. The lowest BCUT2D eigenvalue weighted by atomic mass is 9.82. The van der Waals surface area contributed by atoms with Crippen molar-refractivity contribution < 1.29 is 19.2 Å². The van der Waals surface area contributed by atoms with Crippen LogP contribution in [-0.2, 0) is 9.53 Å². The van der Waals surface area contributed by atoms with Crippen LogP contribution in [0.2, 0.25) is 0 Å². The predicted molar refractivity (Wildman–Crippen MR) is 105 cm³/mol. The first kappa shape index (κ1) is 18.8. The number of hydrogen-bond donors (Lipinski definition) is 0. The molecule has 0 saturated carbocycles. The molecule has 1 fully saturated rings. The Morgan fingerprint density at radius 1 is 1.17 bits per heavy atom. The number of carbonyl (C=O) groups excluding carboxylic acids is 2. The number of imide groups is 1. The van der Waals surface area contributed by atoms with E-state index in [-0.39, 0.29) is 30.7 Å². The van der Waals surface area contributed by atoms with Crippen LogP contribution < -0.4 is 0 Å². The largest absolute Gasteiger partial charge is 0.447 e. The molecule has 0 bridgehead atoms. The van der Waals surface area contributed by atoms with Gasteiger partial charge in [-0.3, -0.25) is 19.9 Å². The maximum absolute atomic E-state index is 13.2. The fraction of sp³-hybridized carbons (Fsp3) is 0.286. The molecule has 2 aliphatic rings. The number of ether oxygens (including phenoxy) is 1. The second-order valence-corrected chi connectivity index (χ2v) is 7.09. The first-order chi connectivity index (χ1) is 14.0. The summed E-state index contributed by atoms with van der Waals surface area (Å²) in [6, 6.07) is 15.1. The molecule has 0 aromatic heterocycles. The van der Waals surface area contributed by atoms with E-state index in [1.807, 2.05) is 37.3 Å². The molecular weight excluding hydrogens is 374 g/mol. The Kier molecular flexibility index (Phi) is 4.84. The molecule has 8 nitrogen and oxygen atoms in total. The number of benzene rings is 2. The summed E-state index contributed by atoms with van der Waals surface area (Å²) >= 11 is 0. The molecule has 2 amide bonds. The molecule has 2 aliphatic heterocycles. The first-order valence-electron chi connectivity index (χ1n) is 9.33. The summed E-state index contributed by atoms with van der Waals surface area (Å²) in [6.45, 7) is 2.32. The molecule has 0 aliphatic carbocycles. The molecule has 148 valence electrons. The van der Waals surface area contributed by atoms with Gasteiger partial charge in [0.25, 0.3) is 5.69 Å². The maximum atomic E-state index is 13.2. The van der Waals surface area contributed by atoms with Crippen LogP contribution >= 0.6 is 0 Å². The monoisotopic (exact) mass is 393 g/mol. The van der Waals surface area contributed by atoms with Gasteiger partial charge in [0, 0.05) is 23.8 Å². The molecule has 0 N–H and O–H groups in total. The van der Waals surface area contributed by atoms with Gasteiger partial charge in [0.15, 0.2) is 0 Å². The summed E-state index contributed by atoms with van der Waals surface area (Å²) in [5.41, 5.74) is 2.35. The van der Waals surface area contributed by atoms with E-state index in [1.165, 1.54) is 12.1 Å². The molecule has 1 saturated heterocycles. The molecular formula is C21H19N3O5. The Hall–Kier alpha value is -3.55. The van der Waals surface area contributed by atoms with E-state index in [2.05, 4.69) is 0 Å². The second kappa shape index (κ2) is 7.46. The SMILES string of the molecule is C[C@@H]1C(c2ccccc2)=N[C@@H](c2ccc([N+](=O)[O-])cc2)[C@H]1C(=O)N1CCOC1=O. The van der Waals surface area contributed by atoms with Crippen LogP contribution in [0.4, 0.5) is 10.5 Å². The molecule has 0 unspecified atom stereocenters. The molecule has 2 heterocycles. The van der Waals surface area contributed by atoms with Crippen LogP contribution in [0.5, 0.6) is 0 Å². The number of cyclic esters (lactones) is 1. The third-order valence-electron chi connectivity index (χ3n) is 5.42. The van der Waals surface area contributed by atoms with Gasteiger partial charge in [-0.25, -0.2) is 9.69 Å². The van der Waals surface area contributed by atoms with Gasteiger partial charge < -0.3 is 4.74 Å². The van der Waals surface area contributed by atoms with Crippen molar-refractivity contribution >= 4 is 23.4 Å². The van der Waals surface area contributed by atoms with Crippen LogP contribution in [0.1, 0.15) is 24.1 Å². The van der Waals surface area contributed by atoms with Crippen molar-refractivity contribution in [2.75, 3.05) is 13.2 Å². The number of rotatable bonds is 4. The zero-order valence-corrected chi connectivity index (χ0v) is 15.7. The van der Waals surface area contributed by atoms with E-state index in [9.17, 15) is 19.7 Å². The summed E-state index contributed by atoms with van der Waals surface area (Å²) in [5, 5.41) is 11.0. The van der Waals surface area contributed by atoms with Gasteiger partial charge in [0.05, 0.1) is 23.4 Å². The maximum Gasteiger partial charge on any atom is 0.416 e. The Labute approximate surface area is 167 Å². The number of carbonyl (C=O) groups is 2. The van der Waals surface area contributed by atoms with Gasteiger partial charge in [-0.2, -0.15) is 0 Å². The molecule has 3 atom stereocenters. The van der Waals surface area contributed by atoms with Crippen molar-refractivity contribution in [3.05, 3.63) is 75.8 Å². The Balaban J connectivity index is 1.74. The average Bonchev–Trinajstić information content (AvgIpc) is 3.31. The number of non-ortho nitro benzene ring substituents is 1. The van der Waals surface area contributed by atoms with Gasteiger partial charge >= 0.3 is 6.09 Å². The fourth-order valence-electron chi connectivity index (χ4n) is 3.94. The minimum absolute atomic E-state index is 0.0296. The summed E-state index contributed by atoms with van der Waals surface area (Å²) in [6.07, 6.45) is -0.641. The third kappa shape index (κ3) is 3.37. The van der Waals surface area contributed by atoms with Crippen LogP contribution in [-0.4, -0.2) is 40.7 Å². The zero-order chi connectivity index (χ0) is 20.5. The van der Waals surface area contributed by atoms with E-state index in [1.54, 1.807) is 12.1 Å². The number of amides is 2. The third-order valence-corrected chi connectivity index (χ3v) is 5.42. The molecule has 0 radical (unpaired) electrons. The van der Waals surface area contributed by atoms with Gasteiger partial charge in [-0.05, 0) is 11.1 Å². The number of aliphatic imine (C=N–C) groups is 1. The average molecular weight is 393 g/mol. The van der Waals surface area contributed by atoms with Gasteiger partial charge in [-0.1, -0.05) is 49.4 Å². The molecule has 2 aromatic carbocycles. The summed E-state index contributed by atoms with van der Waals surface area (Å²) < 4.78 is 4.93. The minimum atomic E-state index is -0.641. The van der Waals surface area contributed by atoms with E-state index >= 15 is 0 Å². The molecule has 0 spiro atoms. The van der Waals surface area contributed by atoms with Crippen LogP contribution in [0, 0.1) is 22.0 Å². The van der Waals surface area contributed by atoms with Crippen molar-refractivity contribution in [1.29, 1.82) is 0 Å². The van der Waals surface area contributed by atoms with E-state index in [4.69, 9.17) is 9.73 Å². The van der Waals surface area contributed by atoms with Crippen molar-refractivity contribution in [3.8, 4) is 0 Å². The van der Waals surface area contributed by atoms with Gasteiger partial charge in [0.1, 0.15) is 6.61 Å². The topological polar surface area (TPSA) is 102 Å². The normalized spacial score (nSPS) is 23.6. The number of nitrogens with zero attached hydrogens (tertiary/aromatic N) is 3. The molecule has 29 heavy (non-hydrogen) atoms. The van der Waals surface area contributed by atoms with Crippen molar-refractivity contribution in [3.63, 3.8) is 0 Å². The summed E-state index contributed by atoms with van der Waals surface area (Å²) in [5.74, 6) is -1.17. The van der Waals surface area contributed by atoms with Gasteiger partial charge in [-0.15, -0.1) is 0 Å². The highest BCUT2D eigenvalue weighted by Crippen LogP contribution is 2.42. The van der Waals surface area contributed by atoms with Crippen molar-refractivity contribution in [2.24, 2.45) is 16.8 Å². The molecule has 8 heteroatoms. The van der Waals surface area contributed by atoms with E-state index in [0.29, 0.717) is 5.56 Å². The Morgan fingerprint density at radius 3 is 2.45 bits per heavy atom. The molecule has 4 rings (SSSR count). The molecule has 2 aromatic rings. The Morgan fingerprint density at radius 2 is 1.86 bits per heavy atom.